The molecule has 2 atom stereocenters. The number of aryl methyl sites for hydroxylation is 2. The van der Waals surface area contributed by atoms with Gasteiger partial charge in [-0.25, -0.2) is 0 Å². The predicted octanol–water partition coefficient (Wildman–Crippen LogP) is 8.20. The Labute approximate surface area is 319 Å². The lowest BCUT2D eigenvalue weighted by Crippen LogP contribution is -2.24. The number of nitrogens with zero attached hydrogens (tertiary/aromatic N) is 2. The van der Waals surface area contributed by atoms with Gasteiger partial charge in [0.2, 0.25) is 0 Å². The summed E-state index contributed by atoms with van der Waals surface area (Å²) in [7, 11) is 8.32. The van der Waals surface area contributed by atoms with E-state index < -0.39 is 0 Å². The quantitative estimate of drug-likeness (QED) is 0.128. The van der Waals surface area contributed by atoms with E-state index in [2.05, 4.69) is 72.2 Å². The molecule has 0 amide bonds. The van der Waals surface area contributed by atoms with Crippen LogP contribution in [0, 0.1) is 11.8 Å². The van der Waals surface area contributed by atoms with Crippen LogP contribution in [0.3, 0.4) is 0 Å². The lowest BCUT2D eigenvalue weighted by molar-refractivity contribution is -0.00687. The van der Waals surface area contributed by atoms with Crippen molar-refractivity contribution in [3.05, 3.63) is 91.5 Å². The van der Waals surface area contributed by atoms with Gasteiger partial charge >= 0.3 is 0 Å². The number of fused-ring (bicyclic) bond motifs is 2. The first-order valence-corrected chi connectivity index (χ1v) is 20.0. The molecule has 2 aromatic heterocycles. The van der Waals surface area contributed by atoms with Crippen molar-refractivity contribution >= 4 is 30.2 Å². The number of rotatable bonds is 14. The highest BCUT2D eigenvalue weighted by Gasteiger charge is 2.27. The number of pyridine rings is 2. The number of ether oxygens (including phenoxy) is 2. The van der Waals surface area contributed by atoms with Gasteiger partial charge in [-0.3, -0.25) is 9.59 Å². The zero-order valence-corrected chi connectivity index (χ0v) is 33.3. The minimum absolute atomic E-state index is 0. The number of likely N-dealkylation sites (N-methyl/N-ethyl adjacent to an activating group) is 2. The average molecular weight is 724 g/mol. The van der Waals surface area contributed by atoms with Gasteiger partial charge in [-0.15, -0.1) is 0 Å². The van der Waals surface area contributed by atoms with Crippen LogP contribution in [0.2, 0.25) is 0 Å². The fourth-order valence-corrected chi connectivity index (χ4v) is 8.03. The molecular formula is C44H64BN4O4. The summed E-state index contributed by atoms with van der Waals surface area (Å²) in [5.41, 5.74) is 6.06. The largest absolute Gasteiger partial charge is 0.372 e. The Morgan fingerprint density at radius 3 is 1.32 bits per heavy atom. The summed E-state index contributed by atoms with van der Waals surface area (Å²) in [5, 5.41) is 2.21. The Kier molecular flexibility index (Phi) is 16.9. The standard InChI is InChI=1S/2C22H32N2O2.B/c2*1-4-16-14-19-15-18(10-11-20(19)23-22(16)25)21(26-13-12-24(2)3)17-8-6-5-7-9-17;/h2*10-11,14-15,17,21H,4-9,12-13H2,1-3H3,(H,23,25);/t21-;;/m0../s1. The maximum absolute atomic E-state index is 12.1. The summed E-state index contributed by atoms with van der Waals surface area (Å²) < 4.78 is 12.8. The molecule has 8 nitrogen and oxygen atoms in total. The molecular weight excluding hydrogens is 659 g/mol. The fourth-order valence-electron chi connectivity index (χ4n) is 8.03. The molecule has 3 radical (unpaired) electrons. The van der Waals surface area contributed by atoms with Crippen LogP contribution in [0.15, 0.2) is 58.1 Å². The van der Waals surface area contributed by atoms with Crippen LogP contribution < -0.4 is 11.1 Å². The topological polar surface area (TPSA) is 90.7 Å². The Morgan fingerprint density at radius 2 is 0.981 bits per heavy atom. The summed E-state index contributed by atoms with van der Waals surface area (Å²) in [4.78, 5) is 34.4. The van der Waals surface area contributed by atoms with Crippen LogP contribution in [0.1, 0.15) is 113 Å². The van der Waals surface area contributed by atoms with Crippen molar-refractivity contribution in [1.82, 2.24) is 19.8 Å². The third-order valence-corrected chi connectivity index (χ3v) is 11.1. The number of H-pyrrole nitrogens is 2. The van der Waals surface area contributed by atoms with Gasteiger partial charge in [-0.05, 0) is 137 Å². The molecule has 53 heavy (non-hydrogen) atoms. The highest BCUT2D eigenvalue weighted by molar-refractivity contribution is 5.80. The van der Waals surface area contributed by atoms with Gasteiger partial charge in [0.15, 0.2) is 0 Å². The third-order valence-electron chi connectivity index (χ3n) is 11.1. The van der Waals surface area contributed by atoms with Crippen LogP contribution in [0.5, 0.6) is 0 Å². The highest BCUT2D eigenvalue weighted by atomic mass is 16.5. The van der Waals surface area contributed by atoms with Crippen LogP contribution in [-0.2, 0) is 22.3 Å². The third kappa shape index (κ3) is 11.9. The minimum atomic E-state index is 0. The van der Waals surface area contributed by atoms with E-state index in [1.807, 2.05) is 38.1 Å². The second kappa shape index (κ2) is 21.0. The molecule has 287 valence electrons. The molecule has 2 aliphatic carbocycles. The molecule has 6 rings (SSSR count). The summed E-state index contributed by atoms with van der Waals surface area (Å²) >= 11 is 0. The van der Waals surface area contributed by atoms with Gasteiger partial charge in [0.25, 0.3) is 11.1 Å². The zero-order chi connectivity index (χ0) is 37.0. The number of nitrogens with one attached hydrogen (secondary N) is 2. The molecule has 0 spiro atoms. The Morgan fingerprint density at radius 1 is 0.604 bits per heavy atom. The Bertz CT molecular complexity index is 1690. The van der Waals surface area contributed by atoms with Crippen molar-refractivity contribution < 1.29 is 9.47 Å². The van der Waals surface area contributed by atoms with Gasteiger partial charge in [0.1, 0.15) is 0 Å². The van der Waals surface area contributed by atoms with Crippen LogP contribution in [-0.4, -0.2) is 82.7 Å². The molecule has 0 bridgehead atoms. The number of aromatic amines is 2. The minimum Gasteiger partial charge on any atom is -0.372 e. The van der Waals surface area contributed by atoms with Gasteiger partial charge in [0.05, 0.1) is 25.4 Å². The Balaban J connectivity index is 0.000000232. The van der Waals surface area contributed by atoms with Crippen molar-refractivity contribution in [2.24, 2.45) is 11.8 Å². The van der Waals surface area contributed by atoms with E-state index in [9.17, 15) is 9.59 Å². The summed E-state index contributed by atoms with van der Waals surface area (Å²) in [6.45, 7) is 7.41. The molecule has 2 heterocycles. The van der Waals surface area contributed by atoms with Gasteiger partial charge in [-0.2, -0.15) is 0 Å². The first-order valence-electron chi connectivity index (χ1n) is 20.0. The second-order valence-corrected chi connectivity index (χ2v) is 15.6. The smallest absolute Gasteiger partial charge is 0.251 e. The van der Waals surface area contributed by atoms with E-state index in [4.69, 9.17) is 9.47 Å². The maximum atomic E-state index is 12.1. The number of hydrogen-bond acceptors (Lipinski definition) is 6. The first kappa shape index (κ1) is 42.5. The van der Waals surface area contributed by atoms with E-state index in [0.717, 1.165) is 72.1 Å². The van der Waals surface area contributed by atoms with Crippen LogP contribution >= 0.6 is 0 Å². The van der Waals surface area contributed by atoms with E-state index in [1.54, 1.807) is 0 Å². The van der Waals surface area contributed by atoms with E-state index >= 15 is 0 Å². The SMILES string of the molecule is CCc1cc2cc(C(OCCN(C)C)C3CCCCC3)ccc2[nH]c1=O.CCc1cc2cc([C@@H](OCCN(C)C)C3CCCCC3)ccc2[nH]c1=O.[B]. The van der Waals surface area contributed by atoms with E-state index in [-0.39, 0.29) is 31.7 Å². The van der Waals surface area contributed by atoms with Crippen molar-refractivity contribution in [3.63, 3.8) is 0 Å². The summed E-state index contributed by atoms with van der Waals surface area (Å²) in [6.07, 6.45) is 14.7. The number of benzene rings is 2. The molecule has 2 aliphatic rings. The molecule has 4 aromatic rings. The molecule has 0 aliphatic heterocycles. The zero-order valence-electron chi connectivity index (χ0n) is 33.3. The van der Waals surface area contributed by atoms with Crippen molar-refractivity contribution in [1.29, 1.82) is 0 Å². The van der Waals surface area contributed by atoms with Crippen molar-refractivity contribution in [2.45, 2.75) is 103 Å². The maximum Gasteiger partial charge on any atom is 0.251 e. The van der Waals surface area contributed by atoms with Gasteiger partial charge in [0, 0.05) is 43.7 Å². The van der Waals surface area contributed by atoms with E-state index in [0.29, 0.717) is 11.8 Å². The molecule has 9 heteroatoms. The Hall–Kier alpha value is -3.24. The van der Waals surface area contributed by atoms with Gasteiger partial charge in [-0.1, -0.05) is 64.5 Å². The van der Waals surface area contributed by atoms with Crippen molar-refractivity contribution in [2.75, 3.05) is 54.5 Å². The summed E-state index contributed by atoms with van der Waals surface area (Å²) in [6, 6.07) is 16.9. The fraction of sp³-hybridized carbons (Fsp3) is 0.591. The first-order chi connectivity index (χ1) is 25.2. The van der Waals surface area contributed by atoms with Crippen LogP contribution in [0.25, 0.3) is 21.8 Å². The lowest BCUT2D eigenvalue weighted by atomic mass is 9.82. The molecule has 0 saturated heterocycles. The van der Waals surface area contributed by atoms with Crippen LogP contribution in [0.4, 0.5) is 0 Å². The molecule has 2 saturated carbocycles. The van der Waals surface area contributed by atoms with E-state index in [1.165, 1.54) is 75.3 Å². The second-order valence-electron chi connectivity index (χ2n) is 15.6. The molecule has 2 aromatic carbocycles. The monoisotopic (exact) mass is 724 g/mol. The highest BCUT2D eigenvalue weighted by Crippen LogP contribution is 2.39. The number of hydrogen-bond donors (Lipinski definition) is 2. The normalized spacial score (nSPS) is 16.8. The lowest BCUT2D eigenvalue weighted by Gasteiger charge is -2.31. The van der Waals surface area contributed by atoms with Crippen molar-refractivity contribution in [3.8, 4) is 0 Å². The molecule has 2 fully saturated rings. The average Bonchev–Trinajstić information content (AvgIpc) is 3.15. The summed E-state index contributed by atoms with van der Waals surface area (Å²) in [5.74, 6) is 1.19. The predicted molar refractivity (Wildman–Crippen MR) is 221 cm³/mol. The molecule has 1 unspecified atom stereocenters. The number of aromatic nitrogens is 2. The molecule has 2 N–H and O–H groups in total. The van der Waals surface area contributed by atoms with Gasteiger partial charge < -0.3 is 29.2 Å².